The molecule has 1 aliphatic carbocycles. The Morgan fingerprint density at radius 1 is 1.21 bits per heavy atom. The summed E-state index contributed by atoms with van der Waals surface area (Å²) in [6, 6.07) is 6.98. The van der Waals surface area contributed by atoms with Gasteiger partial charge in [0.1, 0.15) is 5.82 Å². The molecule has 0 saturated heterocycles. The van der Waals surface area contributed by atoms with Crippen molar-refractivity contribution in [3.8, 4) is 5.82 Å². The average molecular weight is 395 g/mol. The molecular weight excluding hydrogens is 374 g/mol. The summed E-state index contributed by atoms with van der Waals surface area (Å²) in [7, 11) is 0. The normalized spacial score (nSPS) is 18.9. The summed E-state index contributed by atoms with van der Waals surface area (Å²) in [5, 5.41) is 31.3. The monoisotopic (exact) mass is 395 g/mol. The van der Waals surface area contributed by atoms with E-state index in [-0.39, 0.29) is 23.5 Å². The van der Waals surface area contributed by atoms with Gasteiger partial charge in [0.25, 0.3) is 0 Å². The lowest BCUT2D eigenvalue weighted by atomic mass is 9.91. The van der Waals surface area contributed by atoms with Crippen LogP contribution in [0.3, 0.4) is 0 Å². The summed E-state index contributed by atoms with van der Waals surface area (Å²) in [5.41, 5.74) is 6.27. The van der Waals surface area contributed by atoms with Crippen molar-refractivity contribution in [1.82, 2.24) is 30.2 Å². The zero-order chi connectivity index (χ0) is 20.2. The molecule has 0 unspecified atom stereocenters. The Morgan fingerprint density at radius 2 is 2.07 bits per heavy atom. The minimum atomic E-state index is -1.19. The third kappa shape index (κ3) is 4.29. The van der Waals surface area contributed by atoms with E-state index >= 15 is 0 Å². The van der Waals surface area contributed by atoms with Crippen molar-refractivity contribution in [1.29, 1.82) is 0 Å². The molecule has 0 bridgehead atoms. The van der Waals surface area contributed by atoms with Gasteiger partial charge in [0, 0.05) is 18.2 Å². The molecule has 150 valence electrons. The van der Waals surface area contributed by atoms with Crippen LogP contribution in [0.5, 0.6) is 0 Å². The molecular formula is C18H21N9O2. The van der Waals surface area contributed by atoms with E-state index in [0.29, 0.717) is 17.5 Å². The van der Waals surface area contributed by atoms with Crippen molar-refractivity contribution < 1.29 is 9.90 Å². The van der Waals surface area contributed by atoms with Crippen LogP contribution in [0.25, 0.3) is 5.82 Å². The van der Waals surface area contributed by atoms with Crippen LogP contribution < -0.4 is 16.4 Å². The summed E-state index contributed by atoms with van der Waals surface area (Å²) >= 11 is 0. The Morgan fingerprint density at radius 3 is 2.83 bits per heavy atom. The number of carboxylic acid groups (broad SMARTS) is 1. The molecule has 4 rings (SSSR count). The molecule has 1 aliphatic rings. The smallest absolute Gasteiger partial charge is 0.358 e. The zero-order valence-corrected chi connectivity index (χ0v) is 15.6. The van der Waals surface area contributed by atoms with Crippen molar-refractivity contribution in [3.05, 3.63) is 42.4 Å². The van der Waals surface area contributed by atoms with Gasteiger partial charge in [-0.15, -0.1) is 15.3 Å². The molecule has 0 spiro atoms. The maximum Gasteiger partial charge on any atom is 0.358 e. The number of carbonyl (C=O) groups is 1. The van der Waals surface area contributed by atoms with E-state index in [1.165, 1.54) is 4.68 Å². The predicted molar refractivity (Wildman–Crippen MR) is 105 cm³/mol. The fourth-order valence-corrected chi connectivity index (χ4v) is 3.33. The predicted octanol–water partition coefficient (Wildman–Crippen LogP) is 1.58. The number of pyridine rings is 1. The largest absolute Gasteiger partial charge is 0.476 e. The van der Waals surface area contributed by atoms with E-state index in [2.05, 4.69) is 36.1 Å². The Bertz CT molecular complexity index is 993. The van der Waals surface area contributed by atoms with E-state index in [4.69, 9.17) is 5.73 Å². The van der Waals surface area contributed by atoms with E-state index < -0.39 is 5.97 Å². The topological polar surface area (TPSA) is 157 Å². The second kappa shape index (κ2) is 8.19. The number of hydrogen-bond acceptors (Lipinski definition) is 9. The molecule has 1 saturated carbocycles. The van der Waals surface area contributed by atoms with Crippen molar-refractivity contribution in [2.45, 2.75) is 37.8 Å². The summed E-state index contributed by atoms with van der Waals surface area (Å²) in [4.78, 5) is 16.0. The third-order valence-corrected chi connectivity index (χ3v) is 4.80. The minimum Gasteiger partial charge on any atom is -0.476 e. The molecule has 11 heteroatoms. The molecule has 0 radical (unpaired) electrons. The van der Waals surface area contributed by atoms with E-state index in [9.17, 15) is 9.90 Å². The maximum absolute atomic E-state index is 11.6. The van der Waals surface area contributed by atoms with Crippen LogP contribution >= 0.6 is 0 Å². The minimum absolute atomic E-state index is 0.0298. The molecule has 1 fully saturated rings. The molecule has 3 aromatic rings. The van der Waals surface area contributed by atoms with Gasteiger partial charge in [-0.3, -0.25) is 0 Å². The van der Waals surface area contributed by atoms with Gasteiger partial charge in [0.2, 0.25) is 0 Å². The quantitative estimate of drug-likeness (QED) is 0.483. The first-order valence-corrected chi connectivity index (χ1v) is 9.34. The molecule has 0 aliphatic heterocycles. The lowest BCUT2D eigenvalue weighted by Crippen LogP contribution is -2.42. The van der Waals surface area contributed by atoms with E-state index in [1.807, 2.05) is 0 Å². The van der Waals surface area contributed by atoms with Crippen LogP contribution in [0.4, 0.5) is 17.3 Å². The number of nitrogens with one attached hydrogen (secondary N) is 2. The Labute approximate surface area is 166 Å². The second-order valence-corrected chi connectivity index (χ2v) is 6.85. The van der Waals surface area contributed by atoms with Gasteiger partial charge in [-0.05, 0) is 25.0 Å². The summed E-state index contributed by atoms with van der Waals surface area (Å²) < 4.78 is 1.51. The van der Waals surface area contributed by atoms with E-state index in [1.54, 1.807) is 36.7 Å². The van der Waals surface area contributed by atoms with Gasteiger partial charge in [-0.25, -0.2) is 14.5 Å². The highest BCUT2D eigenvalue weighted by Gasteiger charge is 2.23. The number of carboxylic acids is 1. The van der Waals surface area contributed by atoms with Gasteiger partial charge in [0.05, 0.1) is 18.1 Å². The van der Waals surface area contributed by atoms with Crippen molar-refractivity contribution in [3.63, 3.8) is 0 Å². The molecule has 0 amide bonds. The van der Waals surface area contributed by atoms with Crippen molar-refractivity contribution >= 4 is 23.3 Å². The van der Waals surface area contributed by atoms with Gasteiger partial charge < -0.3 is 21.5 Å². The first-order valence-electron chi connectivity index (χ1n) is 9.34. The molecule has 5 N–H and O–H groups in total. The van der Waals surface area contributed by atoms with Crippen LogP contribution in [0.1, 0.15) is 36.2 Å². The third-order valence-electron chi connectivity index (χ3n) is 4.80. The summed E-state index contributed by atoms with van der Waals surface area (Å²) in [6.07, 6.45) is 7.30. The Balaban J connectivity index is 1.60. The Kier molecular flexibility index (Phi) is 5.29. The zero-order valence-electron chi connectivity index (χ0n) is 15.6. The summed E-state index contributed by atoms with van der Waals surface area (Å²) in [6.45, 7) is 0. The van der Waals surface area contributed by atoms with Crippen LogP contribution in [0.2, 0.25) is 0 Å². The molecule has 0 aromatic carbocycles. The van der Waals surface area contributed by atoms with Crippen LogP contribution in [-0.4, -0.2) is 53.3 Å². The number of aromatic nitrogens is 6. The first kappa shape index (κ1) is 18.7. The van der Waals surface area contributed by atoms with Crippen molar-refractivity contribution in [2.75, 3.05) is 10.6 Å². The molecule has 2 atom stereocenters. The number of anilines is 3. The average Bonchev–Trinajstić information content (AvgIpc) is 3.25. The highest BCUT2D eigenvalue weighted by Crippen LogP contribution is 2.24. The SMILES string of the molecule is N[C@@H]1CCCC[C@@H]1Nc1cc(Nc2cccc(-n3ccnn3)n2)c(C(=O)O)nn1. The van der Waals surface area contributed by atoms with Crippen LogP contribution in [-0.2, 0) is 0 Å². The standard InChI is InChI=1S/C18H21N9O2/c19-11-4-1-2-5-12(11)21-15-10-13(17(18(28)29)25-24-15)22-14-6-3-7-16(23-14)27-9-8-20-26-27/h3,6-12H,1-2,4-5,19H2,(H,28,29)(H2,21,22,23,24)/t11-,12+/m1/s1. The molecule has 3 heterocycles. The lowest BCUT2D eigenvalue weighted by Gasteiger charge is -2.29. The lowest BCUT2D eigenvalue weighted by molar-refractivity contribution is 0.0690. The highest BCUT2D eigenvalue weighted by molar-refractivity contribution is 5.93. The van der Waals surface area contributed by atoms with Gasteiger partial charge in [-0.2, -0.15) is 0 Å². The van der Waals surface area contributed by atoms with Crippen LogP contribution in [0.15, 0.2) is 36.7 Å². The maximum atomic E-state index is 11.6. The number of aromatic carboxylic acids is 1. The van der Waals surface area contributed by atoms with Crippen LogP contribution in [0, 0.1) is 0 Å². The highest BCUT2D eigenvalue weighted by atomic mass is 16.4. The van der Waals surface area contributed by atoms with Gasteiger partial charge in [-0.1, -0.05) is 24.1 Å². The number of rotatable bonds is 6. The number of nitrogens with two attached hydrogens (primary N) is 1. The fourth-order valence-electron chi connectivity index (χ4n) is 3.33. The van der Waals surface area contributed by atoms with Crippen molar-refractivity contribution in [2.24, 2.45) is 5.73 Å². The molecule has 11 nitrogen and oxygen atoms in total. The van der Waals surface area contributed by atoms with Gasteiger partial charge >= 0.3 is 5.97 Å². The first-order chi connectivity index (χ1) is 14.1. The second-order valence-electron chi connectivity index (χ2n) is 6.85. The summed E-state index contributed by atoms with van der Waals surface area (Å²) in [5.74, 6) is 0.257. The molecule has 29 heavy (non-hydrogen) atoms. The fraction of sp³-hybridized carbons (Fsp3) is 0.333. The van der Waals surface area contributed by atoms with Gasteiger partial charge in [0.15, 0.2) is 17.3 Å². The Hall–Kier alpha value is -3.60. The number of nitrogens with zero attached hydrogens (tertiary/aromatic N) is 6. The van der Waals surface area contributed by atoms with E-state index in [0.717, 1.165) is 25.7 Å². The molecule has 3 aromatic heterocycles. The number of hydrogen-bond donors (Lipinski definition) is 4.